The Labute approximate surface area is 247 Å². The first kappa shape index (κ1) is 30.3. The molecule has 1 atom stereocenters. The molecule has 8 nitrogen and oxygen atoms in total. The Hall–Kier alpha value is -4.63. The third kappa shape index (κ3) is 7.36. The van der Waals surface area contributed by atoms with E-state index in [1.54, 1.807) is 43.3 Å². The normalized spacial score (nSPS) is 11.8. The van der Waals surface area contributed by atoms with Crippen LogP contribution in [0, 0.1) is 13.8 Å². The maximum atomic E-state index is 14.0. The molecular formula is C33H35N3O5S. The number of hydrogen-bond donors (Lipinski definition) is 1. The summed E-state index contributed by atoms with van der Waals surface area (Å²) in [5.74, 6) is 0.274. The zero-order valence-electron chi connectivity index (χ0n) is 24.2. The van der Waals surface area contributed by atoms with Crippen molar-refractivity contribution in [1.29, 1.82) is 0 Å². The molecule has 0 saturated carbocycles. The lowest BCUT2D eigenvalue weighted by Gasteiger charge is -2.31. The average molecular weight is 586 g/mol. The molecule has 0 aromatic heterocycles. The molecule has 0 aliphatic carbocycles. The number of hydrogen-bond acceptors (Lipinski definition) is 5. The van der Waals surface area contributed by atoms with Gasteiger partial charge in [-0.25, -0.2) is 8.42 Å². The second-order valence-electron chi connectivity index (χ2n) is 10.0. The van der Waals surface area contributed by atoms with Crippen LogP contribution in [0.2, 0.25) is 0 Å². The standard InChI is InChI=1S/C33H35N3O5S/c1-24-10-14-27(15-11-24)22-35(26(3)33(38)34-4)32(37)23-36(42(39,40)31-20-12-25(2)13-21-31)28-16-18-30(19-17-28)41-29-8-6-5-7-9-29/h5-21,26H,22-23H2,1-4H3,(H,34,38)/t26-/m1/s1. The summed E-state index contributed by atoms with van der Waals surface area (Å²) in [6.07, 6.45) is 0. The van der Waals surface area contributed by atoms with Crippen molar-refractivity contribution in [3.63, 3.8) is 0 Å². The number of nitrogens with zero attached hydrogens (tertiary/aromatic N) is 2. The molecule has 4 aromatic rings. The number of likely N-dealkylation sites (N-methyl/N-ethyl adjacent to an activating group) is 1. The van der Waals surface area contributed by atoms with Crippen molar-refractivity contribution >= 4 is 27.5 Å². The summed E-state index contributed by atoms with van der Waals surface area (Å²) in [5, 5.41) is 2.59. The van der Waals surface area contributed by atoms with Crippen LogP contribution in [0.5, 0.6) is 11.5 Å². The van der Waals surface area contributed by atoms with E-state index in [-0.39, 0.29) is 23.0 Å². The maximum Gasteiger partial charge on any atom is 0.264 e. The van der Waals surface area contributed by atoms with E-state index in [9.17, 15) is 18.0 Å². The van der Waals surface area contributed by atoms with Crippen LogP contribution in [0.1, 0.15) is 23.6 Å². The van der Waals surface area contributed by atoms with Crippen LogP contribution in [0.4, 0.5) is 5.69 Å². The lowest BCUT2D eigenvalue weighted by atomic mass is 10.1. The van der Waals surface area contributed by atoms with Crippen molar-refractivity contribution in [3.8, 4) is 11.5 Å². The van der Waals surface area contributed by atoms with Crippen molar-refractivity contribution in [2.75, 3.05) is 17.9 Å². The summed E-state index contributed by atoms with van der Waals surface area (Å²) in [6.45, 7) is 5.08. The third-order valence-electron chi connectivity index (χ3n) is 6.88. The minimum atomic E-state index is -4.16. The van der Waals surface area contributed by atoms with Crippen LogP contribution in [0.25, 0.3) is 0 Å². The summed E-state index contributed by atoms with van der Waals surface area (Å²) < 4.78 is 34.9. The second kappa shape index (κ2) is 13.4. The molecule has 9 heteroatoms. The largest absolute Gasteiger partial charge is 0.457 e. The van der Waals surface area contributed by atoms with E-state index in [0.717, 1.165) is 21.0 Å². The van der Waals surface area contributed by atoms with Gasteiger partial charge >= 0.3 is 0 Å². The summed E-state index contributed by atoms with van der Waals surface area (Å²) in [7, 11) is -2.66. The van der Waals surface area contributed by atoms with Crippen LogP contribution >= 0.6 is 0 Å². The van der Waals surface area contributed by atoms with E-state index < -0.39 is 28.5 Å². The fourth-order valence-corrected chi connectivity index (χ4v) is 5.77. The highest BCUT2D eigenvalue weighted by Gasteiger charge is 2.32. The first-order chi connectivity index (χ1) is 20.1. The number of anilines is 1. The SMILES string of the molecule is CNC(=O)[C@@H](C)N(Cc1ccc(C)cc1)C(=O)CN(c1ccc(Oc2ccccc2)cc1)S(=O)(=O)c1ccc(C)cc1. The Morgan fingerprint density at radius 3 is 1.90 bits per heavy atom. The number of aryl methyl sites for hydroxylation is 2. The molecule has 0 aliphatic heterocycles. The second-order valence-corrected chi connectivity index (χ2v) is 11.9. The van der Waals surface area contributed by atoms with Gasteiger partial charge in [0.05, 0.1) is 10.6 Å². The van der Waals surface area contributed by atoms with Gasteiger partial charge in [-0.3, -0.25) is 13.9 Å². The zero-order valence-corrected chi connectivity index (χ0v) is 25.0. The molecule has 0 aliphatic rings. The number of rotatable bonds is 11. The van der Waals surface area contributed by atoms with Gasteiger partial charge in [0.25, 0.3) is 10.0 Å². The molecule has 2 amide bonds. The van der Waals surface area contributed by atoms with Gasteiger partial charge in [-0.05, 0) is 74.9 Å². The molecule has 0 saturated heterocycles. The van der Waals surface area contributed by atoms with Crippen molar-refractivity contribution in [3.05, 3.63) is 120 Å². The third-order valence-corrected chi connectivity index (χ3v) is 8.67. The molecule has 0 radical (unpaired) electrons. The van der Waals surface area contributed by atoms with E-state index in [0.29, 0.717) is 11.5 Å². The first-order valence-electron chi connectivity index (χ1n) is 13.6. The predicted molar refractivity (Wildman–Crippen MR) is 164 cm³/mol. The molecule has 0 heterocycles. The first-order valence-corrected chi connectivity index (χ1v) is 15.0. The van der Waals surface area contributed by atoms with Gasteiger partial charge in [0.15, 0.2) is 0 Å². The van der Waals surface area contributed by atoms with Gasteiger partial charge < -0.3 is 15.0 Å². The van der Waals surface area contributed by atoms with Crippen molar-refractivity contribution in [2.24, 2.45) is 0 Å². The number of nitrogens with one attached hydrogen (secondary N) is 1. The molecule has 0 spiro atoms. The Bertz CT molecular complexity index is 1610. The summed E-state index contributed by atoms with van der Waals surface area (Å²) in [5.41, 5.74) is 3.07. The van der Waals surface area contributed by atoms with Crippen molar-refractivity contribution in [2.45, 2.75) is 38.3 Å². The monoisotopic (exact) mass is 585 g/mol. The average Bonchev–Trinajstić information content (AvgIpc) is 3.00. The van der Waals surface area contributed by atoms with E-state index >= 15 is 0 Å². The minimum Gasteiger partial charge on any atom is -0.457 e. The Morgan fingerprint density at radius 2 is 1.33 bits per heavy atom. The molecule has 0 fully saturated rings. The van der Waals surface area contributed by atoms with E-state index in [4.69, 9.17) is 4.74 Å². The fraction of sp³-hybridized carbons (Fsp3) is 0.212. The lowest BCUT2D eigenvalue weighted by Crippen LogP contribution is -2.50. The lowest BCUT2D eigenvalue weighted by molar-refractivity contribution is -0.139. The molecule has 4 rings (SSSR count). The Morgan fingerprint density at radius 1 is 0.786 bits per heavy atom. The summed E-state index contributed by atoms with van der Waals surface area (Å²) >= 11 is 0. The number of sulfonamides is 1. The molecule has 0 bridgehead atoms. The Kier molecular flexibility index (Phi) is 9.64. The van der Waals surface area contributed by atoms with Crippen LogP contribution in [0.3, 0.4) is 0 Å². The number of benzene rings is 4. The number of carbonyl (C=O) groups is 2. The van der Waals surface area contributed by atoms with Crippen LogP contribution in [-0.4, -0.2) is 44.8 Å². The zero-order chi connectivity index (χ0) is 30.3. The number of amides is 2. The van der Waals surface area contributed by atoms with Crippen molar-refractivity contribution < 1.29 is 22.7 Å². The molecule has 0 unspecified atom stereocenters. The van der Waals surface area contributed by atoms with Gasteiger partial charge in [-0.15, -0.1) is 0 Å². The summed E-state index contributed by atoms with van der Waals surface area (Å²) in [4.78, 5) is 28.0. The van der Waals surface area contributed by atoms with Gasteiger partial charge in [-0.2, -0.15) is 0 Å². The van der Waals surface area contributed by atoms with Gasteiger partial charge in [0.1, 0.15) is 24.1 Å². The molecule has 1 N–H and O–H groups in total. The molecular weight excluding hydrogens is 550 g/mol. The maximum absolute atomic E-state index is 14.0. The van der Waals surface area contributed by atoms with E-state index in [2.05, 4.69) is 5.32 Å². The van der Waals surface area contributed by atoms with E-state index in [1.165, 1.54) is 24.1 Å². The smallest absolute Gasteiger partial charge is 0.264 e. The van der Waals surface area contributed by atoms with Gasteiger partial charge in [0, 0.05) is 13.6 Å². The number of ether oxygens (including phenoxy) is 1. The highest BCUT2D eigenvalue weighted by Crippen LogP contribution is 2.28. The van der Waals surface area contributed by atoms with Gasteiger partial charge in [-0.1, -0.05) is 65.7 Å². The minimum absolute atomic E-state index is 0.0509. The number of carbonyl (C=O) groups excluding carboxylic acids is 2. The van der Waals surface area contributed by atoms with Crippen LogP contribution in [-0.2, 0) is 26.2 Å². The number of para-hydroxylation sites is 1. The highest BCUT2D eigenvalue weighted by molar-refractivity contribution is 7.92. The van der Waals surface area contributed by atoms with Crippen LogP contribution in [0.15, 0.2) is 108 Å². The highest BCUT2D eigenvalue weighted by atomic mass is 32.2. The molecule has 42 heavy (non-hydrogen) atoms. The van der Waals surface area contributed by atoms with Crippen LogP contribution < -0.4 is 14.4 Å². The summed E-state index contributed by atoms with van der Waals surface area (Å²) in [6, 6.07) is 29.0. The molecule has 218 valence electrons. The topological polar surface area (TPSA) is 96.0 Å². The van der Waals surface area contributed by atoms with Gasteiger partial charge in [0.2, 0.25) is 11.8 Å². The molecule has 4 aromatic carbocycles. The quantitative estimate of drug-likeness (QED) is 0.252. The van der Waals surface area contributed by atoms with Crippen molar-refractivity contribution in [1.82, 2.24) is 10.2 Å². The van der Waals surface area contributed by atoms with E-state index in [1.807, 2.05) is 68.4 Å². The fourth-order valence-electron chi connectivity index (χ4n) is 4.35. The predicted octanol–water partition coefficient (Wildman–Crippen LogP) is 5.45. The Balaban J connectivity index is 1.69.